The summed E-state index contributed by atoms with van der Waals surface area (Å²) in [4.78, 5) is 39.7. The number of rotatable bonds is 1. The van der Waals surface area contributed by atoms with Crippen LogP contribution in [0.25, 0.3) is 0 Å². The third kappa shape index (κ3) is 1.67. The standard InChI is InChI=1S/C16H14N2O3/c19-12-7-6-10-9-17-14(13(10)8-12)15(20)18(16(17)21)11-4-2-1-3-5-11/h1-7,10,13-14H,8-9H2/t10-,13-,14-/m1/s1. The lowest BCUT2D eigenvalue weighted by Crippen LogP contribution is -2.37. The molecule has 3 amide bonds. The molecule has 0 radical (unpaired) electrons. The largest absolute Gasteiger partial charge is 0.332 e. The van der Waals surface area contributed by atoms with Crippen LogP contribution in [0, 0.1) is 11.8 Å². The Hall–Kier alpha value is -2.43. The molecule has 3 aliphatic rings. The number of ketones is 1. The van der Waals surface area contributed by atoms with Crippen molar-refractivity contribution in [2.75, 3.05) is 11.4 Å². The van der Waals surface area contributed by atoms with E-state index in [1.165, 1.54) is 4.90 Å². The minimum Gasteiger partial charge on any atom is -0.311 e. The third-order valence-corrected chi connectivity index (χ3v) is 4.59. The summed E-state index contributed by atoms with van der Waals surface area (Å²) in [7, 11) is 0. The number of amides is 3. The Kier molecular flexibility index (Phi) is 2.51. The lowest BCUT2D eigenvalue weighted by molar-refractivity contribution is -0.121. The lowest BCUT2D eigenvalue weighted by atomic mass is 9.82. The smallest absolute Gasteiger partial charge is 0.311 e. The van der Waals surface area contributed by atoms with Crippen molar-refractivity contribution in [1.82, 2.24) is 4.90 Å². The van der Waals surface area contributed by atoms with Crippen molar-refractivity contribution in [2.24, 2.45) is 11.8 Å². The summed E-state index contributed by atoms with van der Waals surface area (Å²) in [5.74, 6) is -0.121. The fourth-order valence-electron chi connectivity index (χ4n) is 3.62. The molecule has 1 aromatic rings. The molecule has 1 aromatic carbocycles. The fraction of sp³-hybridized carbons (Fsp3) is 0.312. The van der Waals surface area contributed by atoms with Crippen LogP contribution in [0.4, 0.5) is 10.5 Å². The number of benzene rings is 1. The average molecular weight is 282 g/mol. The minimum atomic E-state index is -0.489. The summed E-state index contributed by atoms with van der Waals surface area (Å²) in [6.45, 7) is 0.521. The van der Waals surface area contributed by atoms with E-state index < -0.39 is 6.04 Å². The molecule has 0 bridgehead atoms. The van der Waals surface area contributed by atoms with Gasteiger partial charge >= 0.3 is 6.03 Å². The van der Waals surface area contributed by atoms with Crippen LogP contribution in [0.1, 0.15) is 6.42 Å². The van der Waals surface area contributed by atoms with E-state index in [9.17, 15) is 14.4 Å². The molecule has 2 fully saturated rings. The summed E-state index contributed by atoms with van der Waals surface area (Å²) in [6.07, 6.45) is 3.78. The van der Waals surface area contributed by atoms with Crippen LogP contribution in [0.15, 0.2) is 42.5 Å². The Morgan fingerprint density at radius 2 is 1.81 bits per heavy atom. The topological polar surface area (TPSA) is 57.7 Å². The van der Waals surface area contributed by atoms with Gasteiger partial charge < -0.3 is 4.90 Å². The monoisotopic (exact) mass is 282 g/mol. The number of imide groups is 1. The molecule has 1 aliphatic carbocycles. The van der Waals surface area contributed by atoms with Gasteiger partial charge in [0.1, 0.15) is 6.04 Å². The number of para-hydroxylation sites is 1. The minimum absolute atomic E-state index is 0.0384. The van der Waals surface area contributed by atoms with Gasteiger partial charge in [0.15, 0.2) is 5.78 Å². The Bertz CT molecular complexity index is 667. The summed E-state index contributed by atoms with van der Waals surface area (Å²) < 4.78 is 0. The zero-order valence-electron chi connectivity index (χ0n) is 11.3. The van der Waals surface area contributed by atoms with Crippen LogP contribution in [-0.2, 0) is 9.59 Å². The van der Waals surface area contributed by atoms with E-state index >= 15 is 0 Å². The van der Waals surface area contributed by atoms with Crippen molar-refractivity contribution in [1.29, 1.82) is 0 Å². The molecule has 2 aliphatic heterocycles. The van der Waals surface area contributed by atoms with Crippen molar-refractivity contribution in [3.05, 3.63) is 42.5 Å². The van der Waals surface area contributed by atoms with Gasteiger partial charge in [-0.1, -0.05) is 24.3 Å². The number of allylic oxidation sites excluding steroid dienone is 1. The summed E-state index contributed by atoms with van der Waals surface area (Å²) in [5, 5.41) is 0. The summed E-state index contributed by atoms with van der Waals surface area (Å²) in [5.41, 5.74) is 0.594. The van der Waals surface area contributed by atoms with Gasteiger partial charge in [0.2, 0.25) is 0 Å². The van der Waals surface area contributed by atoms with Crippen LogP contribution in [0.2, 0.25) is 0 Å². The molecule has 3 atom stereocenters. The number of carbonyl (C=O) groups is 3. The first-order valence-electron chi connectivity index (χ1n) is 7.07. The van der Waals surface area contributed by atoms with Gasteiger partial charge in [0.05, 0.1) is 5.69 Å². The highest BCUT2D eigenvalue weighted by molar-refractivity contribution is 6.22. The number of nitrogens with zero attached hydrogens (tertiary/aromatic N) is 2. The van der Waals surface area contributed by atoms with Gasteiger partial charge in [0.25, 0.3) is 5.91 Å². The zero-order chi connectivity index (χ0) is 14.6. The van der Waals surface area contributed by atoms with Crippen LogP contribution in [-0.4, -0.2) is 35.2 Å². The van der Waals surface area contributed by atoms with Crippen LogP contribution < -0.4 is 4.90 Å². The predicted molar refractivity (Wildman–Crippen MR) is 75.6 cm³/mol. The molecular weight excluding hydrogens is 268 g/mol. The van der Waals surface area contributed by atoms with Gasteiger partial charge in [-0.15, -0.1) is 0 Å². The molecule has 106 valence electrons. The molecule has 0 spiro atoms. The molecule has 0 saturated carbocycles. The number of hydrogen-bond acceptors (Lipinski definition) is 3. The van der Waals surface area contributed by atoms with Crippen molar-refractivity contribution in [2.45, 2.75) is 12.5 Å². The molecule has 21 heavy (non-hydrogen) atoms. The van der Waals surface area contributed by atoms with E-state index in [4.69, 9.17) is 0 Å². The molecule has 5 heteroatoms. The van der Waals surface area contributed by atoms with E-state index in [0.717, 1.165) is 0 Å². The highest BCUT2D eigenvalue weighted by atomic mass is 16.2. The highest BCUT2D eigenvalue weighted by Gasteiger charge is 2.56. The van der Waals surface area contributed by atoms with Gasteiger partial charge in [-0.3, -0.25) is 9.59 Å². The van der Waals surface area contributed by atoms with Crippen molar-refractivity contribution in [3.63, 3.8) is 0 Å². The number of carbonyl (C=O) groups excluding carboxylic acids is 3. The summed E-state index contributed by atoms with van der Waals surface area (Å²) >= 11 is 0. The van der Waals surface area contributed by atoms with E-state index in [1.54, 1.807) is 35.2 Å². The molecule has 0 aromatic heterocycles. The SMILES string of the molecule is O=C1C=C[C@@H]2CN3C(=O)N(c4ccccc4)C(=O)[C@H]3[C@@H]2C1. The summed E-state index contributed by atoms with van der Waals surface area (Å²) in [6, 6.07) is 8.19. The molecule has 0 N–H and O–H groups in total. The van der Waals surface area contributed by atoms with Gasteiger partial charge in [-0.2, -0.15) is 0 Å². The zero-order valence-corrected chi connectivity index (χ0v) is 11.3. The second-order valence-electron chi connectivity index (χ2n) is 5.75. The Morgan fingerprint density at radius 3 is 2.57 bits per heavy atom. The molecule has 4 rings (SSSR count). The van der Waals surface area contributed by atoms with Crippen LogP contribution >= 0.6 is 0 Å². The first kappa shape index (κ1) is 12.3. The maximum atomic E-state index is 12.7. The van der Waals surface area contributed by atoms with Crippen LogP contribution in [0.5, 0.6) is 0 Å². The van der Waals surface area contributed by atoms with E-state index in [1.807, 2.05) is 12.1 Å². The molecule has 2 saturated heterocycles. The quantitative estimate of drug-likeness (QED) is 0.735. The van der Waals surface area contributed by atoms with Gasteiger partial charge in [-0.25, -0.2) is 9.69 Å². The highest BCUT2D eigenvalue weighted by Crippen LogP contribution is 2.41. The first-order valence-corrected chi connectivity index (χ1v) is 7.07. The normalized spacial score (nSPS) is 30.9. The fourth-order valence-corrected chi connectivity index (χ4v) is 3.62. The van der Waals surface area contributed by atoms with Gasteiger partial charge in [-0.05, 0) is 18.2 Å². The predicted octanol–water partition coefficient (Wildman–Crippen LogP) is 1.60. The van der Waals surface area contributed by atoms with Crippen molar-refractivity contribution < 1.29 is 14.4 Å². The number of fused-ring (bicyclic) bond motifs is 3. The Labute approximate surface area is 121 Å². The second-order valence-corrected chi connectivity index (χ2v) is 5.75. The van der Waals surface area contributed by atoms with Crippen molar-refractivity contribution in [3.8, 4) is 0 Å². The molecule has 2 heterocycles. The number of hydrogen-bond donors (Lipinski definition) is 0. The third-order valence-electron chi connectivity index (χ3n) is 4.59. The number of urea groups is 1. The van der Waals surface area contributed by atoms with Crippen LogP contribution in [0.3, 0.4) is 0 Å². The van der Waals surface area contributed by atoms with E-state index in [2.05, 4.69) is 0 Å². The Morgan fingerprint density at radius 1 is 1.05 bits per heavy atom. The van der Waals surface area contributed by atoms with Gasteiger partial charge in [0, 0.05) is 24.8 Å². The lowest BCUT2D eigenvalue weighted by Gasteiger charge is -2.22. The second kappa shape index (κ2) is 4.28. The maximum Gasteiger partial charge on any atom is 0.332 e. The Balaban J connectivity index is 1.70. The van der Waals surface area contributed by atoms with E-state index in [0.29, 0.717) is 18.7 Å². The maximum absolute atomic E-state index is 12.7. The molecule has 0 unspecified atom stereocenters. The average Bonchev–Trinajstić information content (AvgIpc) is 2.97. The van der Waals surface area contributed by atoms with E-state index in [-0.39, 0.29) is 29.6 Å². The molecular formula is C16H14N2O3. The van der Waals surface area contributed by atoms with Crippen molar-refractivity contribution >= 4 is 23.4 Å². The number of anilines is 1. The molecule has 5 nitrogen and oxygen atoms in total. The first-order chi connectivity index (χ1) is 10.2.